The minimum Gasteiger partial charge on any atom is -0.411 e. The topological polar surface area (TPSA) is 32.6 Å². The predicted molar refractivity (Wildman–Crippen MR) is 48.5 cm³/mol. The van der Waals surface area contributed by atoms with Gasteiger partial charge in [0.2, 0.25) is 0 Å². The molecule has 0 aliphatic heterocycles. The first-order chi connectivity index (χ1) is 5.52. The summed E-state index contributed by atoms with van der Waals surface area (Å²) in [5.74, 6) is 0.744. The van der Waals surface area contributed by atoms with Crippen LogP contribution in [-0.4, -0.2) is 10.9 Å². The van der Waals surface area contributed by atoms with Gasteiger partial charge in [0.1, 0.15) is 0 Å². The van der Waals surface area contributed by atoms with E-state index in [1.54, 1.807) is 0 Å². The van der Waals surface area contributed by atoms with Gasteiger partial charge in [-0.1, -0.05) is 25.9 Å². The molecule has 12 heavy (non-hydrogen) atoms. The molecule has 2 aliphatic carbocycles. The molecule has 2 fully saturated rings. The van der Waals surface area contributed by atoms with Crippen LogP contribution in [0.4, 0.5) is 0 Å². The fraction of sp³-hybridized carbons (Fsp3) is 0.900. The first-order valence-electron chi connectivity index (χ1n) is 4.74. The average Bonchev–Trinajstić information content (AvgIpc) is 2.34. The standard InChI is InChI=1S/C10H17NO/c1-9(2)7-4-5-10(9,3)8(6-7)11-12/h7,12H,4-6H2,1-3H3/b11-8-/t7-,10+/m0/s1. The molecule has 2 aliphatic rings. The average molecular weight is 167 g/mol. The lowest BCUT2D eigenvalue weighted by Gasteiger charge is -2.33. The molecule has 2 heteroatoms. The van der Waals surface area contributed by atoms with Crippen molar-refractivity contribution in [3.8, 4) is 0 Å². The zero-order valence-corrected chi connectivity index (χ0v) is 8.09. The molecule has 2 nitrogen and oxygen atoms in total. The highest BCUT2D eigenvalue weighted by Gasteiger charge is 2.60. The van der Waals surface area contributed by atoms with Gasteiger partial charge in [0.15, 0.2) is 0 Å². The lowest BCUT2D eigenvalue weighted by atomic mass is 9.70. The van der Waals surface area contributed by atoms with Crippen molar-refractivity contribution in [3.05, 3.63) is 0 Å². The van der Waals surface area contributed by atoms with Crippen molar-refractivity contribution in [2.45, 2.75) is 40.0 Å². The number of hydrogen-bond acceptors (Lipinski definition) is 2. The molecular formula is C10H17NO. The Bertz CT molecular complexity index is 244. The van der Waals surface area contributed by atoms with Crippen LogP contribution < -0.4 is 0 Å². The predicted octanol–water partition coefficient (Wildman–Crippen LogP) is 2.66. The summed E-state index contributed by atoms with van der Waals surface area (Å²) in [5, 5.41) is 12.3. The van der Waals surface area contributed by atoms with Crippen molar-refractivity contribution in [1.82, 2.24) is 0 Å². The molecule has 0 unspecified atom stereocenters. The van der Waals surface area contributed by atoms with Crippen LogP contribution in [0.1, 0.15) is 40.0 Å². The maximum atomic E-state index is 8.87. The van der Waals surface area contributed by atoms with Crippen LogP contribution >= 0.6 is 0 Å². The van der Waals surface area contributed by atoms with E-state index >= 15 is 0 Å². The van der Waals surface area contributed by atoms with Crippen LogP contribution in [-0.2, 0) is 0 Å². The molecule has 0 amide bonds. The summed E-state index contributed by atoms with van der Waals surface area (Å²) in [7, 11) is 0. The third-order valence-electron chi connectivity index (χ3n) is 4.63. The van der Waals surface area contributed by atoms with E-state index < -0.39 is 0 Å². The van der Waals surface area contributed by atoms with E-state index in [0.717, 1.165) is 18.1 Å². The summed E-state index contributed by atoms with van der Waals surface area (Å²) in [6, 6.07) is 0. The van der Waals surface area contributed by atoms with Crippen LogP contribution in [0.5, 0.6) is 0 Å². The second kappa shape index (κ2) is 2.04. The summed E-state index contributed by atoms with van der Waals surface area (Å²) >= 11 is 0. The van der Waals surface area contributed by atoms with Crippen molar-refractivity contribution in [2.75, 3.05) is 0 Å². The van der Waals surface area contributed by atoms with Crippen LogP contribution in [0.15, 0.2) is 5.16 Å². The summed E-state index contributed by atoms with van der Waals surface area (Å²) in [6.07, 6.45) is 3.52. The summed E-state index contributed by atoms with van der Waals surface area (Å²) in [5.41, 5.74) is 1.55. The van der Waals surface area contributed by atoms with Gasteiger partial charge in [0.25, 0.3) is 0 Å². The van der Waals surface area contributed by atoms with Crippen LogP contribution in [0.3, 0.4) is 0 Å². The van der Waals surface area contributed by atoms with Gasteiger partial charge >= 0.3 is 0 Å². The normalized spacial score (nSPS) is 47.2. The molecule has 0 aromatic rings. The van der Waals surface area contributed by atoms with Gasteiger partial charge in [-0.15, -0.1) is 0 Å². The molecule has 1 N–H and O–H groups in total. The molecule has 0 heterocycles. The molecule has 2 bridgehead atoms. The number of rotatable bonds is 0. The van der Waals surface area contributed by atoms with Gasteiger partial charge < -0.3 is 5.21 Å². The number of hydrogen-bond donors (Lipinski definition) is 1. The fourth-order valence-electron chi connectivity index (χ4n) is 3.08. The number of fused-ring (bicyclic) bond motifs is 2. The molecule has 0 spiro atoms. The second-order valence-corrected chi connectivity index (χ2v) is 5.04. The van der Waals surface area contributed by atoms with E-state index in [2.05, 4.69) is 25.9 Å². The van der Waals surface area contributed by atoms with Gasteiger partial charge in [-0.05, 0) is 30.6 Å². The summed E-state index contributed by atoms with van der Waals surface area (Å²) in [6.45, 7) is 6.86. The SMILES string of the molecule is CC1(C)[C@H]2CC[C@]1(C)/C(=N\O)C2. The van der Waals surface area contributed by atoms with E-state index in [9.17, 15) is 0 Å². The van der Waals surface area contributed by atoms with Gasteiger partial charge in [-0.25, -0.2) is 0 Å². The van der Waals surface area contributed by atoms with Crippen molar-refractivity contribution >= 4 is 5.71 Å². The minimum absolute atomic E-state index is 0.173. The van der Waals surface area contributed by atoms with E-state index in [4.69, 9.17) is 5.21 Å². The first-order valence-corrected chi connectivity index (χ1v) is 4.74. The van der Waals surface area contributed by atoms with Crippen LogP contribution in [0, 0.1) is 16.7 Å². The third-order valence-corrected chi connectivity index (χ3v) is 4.63. The lowest BCUT2D eigenvalue weighted by Crippen LogP contribution is -2.32. The Kier molecular flexibility index (Phi) is 1.37. The van der Waals surface area contributed by atoms with E-state index in [-0.39, 0.29) is 5.41 Å². The van der Waals surface area contributed by atoms with E-state index in [1.165, 1.54) is 12.8 Å². The Morgan fingerprint density at radius 1 is 1.42 bits per heavy atom. The Balaban J connectivity index is 2.46. The Hall–Kier alpha value is -0.530. The molecular weight excluding hydrogens is 150 g/mol. The molecule has 68 valence electrons. The highest BCUT2D eigenvalue weighted by molar-refractivity contribution is 5.93. The van der Waals surface area contributed by atoms with Gasteiger partial charge in [0, 0.05) is 5.41 Å². The maximum Gasteiger partial charge on any atom is 0.0638 e. The monoisotopic (exact) mass is 167 g/mol. The molecule has 2 rings (SSSR count). The quantitative estimate of drug-likeness (QED) is 0.436. The Morgan fingerprint density at radius 2 is 2.08 bits per heavy atom. The second-order valence-electron chi connectivity index (χ2n) is 5.04. The van der Waals surface area contributed by atoms with Crippen molar-refractivity contribution in [2.24, 2.45) is 21.9 Å². The van der Waals surface area contributed by atoms with Crippen molar-refractivity contribution in [1.29, 1.82) is 0 Å². The summed E-state index contributed by atoms with van der Waals surface area (Å²) in [4.78, 5) is 0. The van der Waals surface area contributed by atoms with Crippen molar-refractivity contribution in [3.63, 3.8) is 0 Å². The molecule has 0 aromatic heterocycles. The van der Waals surface area contributed by atoms with Gasteiger partial charge in [0.05, 0.1) is 5.71 Å². The summed E-state index contributed by atoms with van der Waals surface area (Å²) < 4.78 is 0. The molecule has 0 aromatic carbocycles. The zero-order chi connectivity index (χ0) is 8.98. The van der Waals surface area contributed by atoms with Crippen LogP contribution in [0.2, 0.25) is 0 Å². The Labute approximate surface area is 73.7 Å². The van der Waals surface area contributed by atoms with Crippen LogP contribution in [0.25, 0.3) is 0 Å². The number of nitrogens with zero attached hydrogens (tertiary/aromatic N) is 1. The zero-order valence-electron chi connectivity index (χ0n) is 8.09. The smallest absolute Gasteiger partial charge is 0.0638 e. The third kappa shape index (κ3) is 0.644. The first kappa shape index (κ1) is 8.09. The van der Waals surface area contributed by atoms with Crippen molar-refractivity contribution < 1.29 is 5.21 Å². The van der Waals surface area contributed by atoms with E-state index in [1.807, 2.05) is 0 Å². The minimum atomic E-state index is 0.173. The maximum absolute atomic E-state index is 8.87. The highest BCUT2D eigenvalue weighted by Crippen LogP contribution is 2.63. The molecule has 0 radical (unpaired) electrons. The largest absolute Gasteiger partial charge is 0.411 e. The molecule has 2 atom stereocenters. The molecule has 0 saturated heterocycles. The lowest BCUT2D eigenvalue weighted by molar-refractivity contribution is 0.190. The fourth-order valence-corrected chi connectivity index (χ4v) is 3.08. The van der Waals surface area contributed by atoms with Gasteiger partial charge in [-0.2, -0.15) is 0 Å². The van der Waals surface area contributed by atoms with E-state index in [0.29, 0.717) is 5.41 Å². The highest BCUT2D eigenvalue weighted by atomic mass is 16.4. The molecule has 2 saturated carbocycles. The van der Waals surface area contributed by atoms with Gasteiger partial charge in [-0.3, -0.25) is 0 Å². The Morgan fingerprint density at radius 3 is 2.33 bits per heavy atom. The number of oxime groups is 1.